The zero-order valence-electron chi connectivity index (χ0n) is 23.9. The van der Waals surface area contributed by atoms with Crippen LogP contribution in [0.3, 0.4) is 0 Å². The highest BCUT2D eigenvalue weighted by Crippen LogP contribution is 2.52. The maximum absolute atomic E-state index is 12.8. The van der Waals surface area contributed by atoms with Crippen molar-refractivity contribution in [1.29, 1.82) is 0 Å². The van der Waals surface area contributed by atoms with Crippen LogP contribution in [-0.2, 0) is 9.59 Å². The molecule has 2 aliphatic heterocycles. The summed E-state index contributed by atoms with van der Waals surface area (Å²) in [5.74, 6) is -0.994. The first kappa shape index (κ1) is 28.3. The van der Waals surface area contributed by atoms with Crippen LogP contribution in [0.1, 0.15) is 53.0 Å². The summed E-state index contributed by atoms with van der Waals surface area (Å²) >= 11 is 6.44. The summed E-state index contributed by atoms with van der Waals surface area (Å²) in [6.07, 6.45) is 7.55. The molecule has 0 aromatic heterocycles. The van der Waals surface area contributed by atoms with Gasteiger partial charge in [-0.25, -0.2) is 0 Å². The molecule has 2 heterocycles. The molecule has 4 aromatic carbocycles. The van der Waals surface area contributed by atoms with E-state index in [4.69, 9.17) is 17.3 Å². The summed E-state index contributed by atoms with van der Waals surface area (Å²) < 4.78 is 0.282. The first-order valence-corrected chi connectivity index (χ1v) is 16.0. The van der Waals surface area contributed by atoms with E-state index in [1.54, 1.807) is 0 Å². The molecule has 1 saturated heterocycles. The fraction of sp³-hybridized carbons (Fsp3) is 0.162. The molecule has 0 spiro atoms. The zero-order valence-corrected chi connectivity index (χ0v) is 25.6. The molecule has 4 aromatic rings. The Morgan fingerprint density at radius 1 is 0.886 bits per heavy atom. The average molecular weight is 615 g/mol. The van der Waals surface area contributed by atoms with Crippen molar-refractivity contribution >= 4 is 69.3 Å². The summed E-state index contributed by atoms with van der Waals surface area (Å²) in [5.41, 5.74) is 9.34. The number of carbonyl (C=O) groups is 2. The van der Waals surface area contributed by atoms with Gasteiger partial charge in [0.25, 0.3) is 5.91 Å². The predicted octanol–water partition coefficient (Wildman–Crippen LogP) is 8.35. The molecule has 1 aliphatic carbocycles. The third-order valence-electron chi connectivity index (χ3n) is 8.64. The number of fused-ring (bicyclic) bond motifs is 3. The van der Waals surface area contributed by atoms with E-state index in [9.17, 15) is 9.59 Å². The van der Waals surface area contributed by atoms with Gasteiger partial charge in [-0.15, -0.1) is 0 Å². The van der Waals surface area contributed by atoms with E-state index in [1.165, 1.54) is 40.1 Å². The molecule has 2 unspecified atom stereocenters. The smallest absolute Gasteiger partial charge is 0.323 e. The number of nitrogens with zero attached hydrogens (tertiary/aromatic N) is 2. The maximum atomic E-state index is 12.8. The van der Waals surface area contributed by atoms with Crippen LogP contribution in [-0.4, -0.2) is 38.8 Å². The van der Waals surface area contributed by atoms with Gasteiger partial charge in [0, 0.05) is 23.3 Å². The lowest BCUT2D eigenvalue weighted by molar-refractivity contribution is -0.140. The molecule has 2 fully saturated rings. The number of benzene rings is 4. The van der Waals surface area contributed by atoms with Gasteiger partial charge in [-0.1, -0.05) is 109 Å². The summed E-state index contributed by atoms with van der Waals surface area (Å²) in [6.45, 7) is -0.417. The van der Waals surface area contributed by atoms with Gasteiger partial charge in [-0.3, -0.25) is 14.5 Å². The van der Waals surface area contributed by atoms with E-state index in [2.05, 4.69) is 95.9 Å². The van der Waals surface area contributed by atoms with Gasteiger partial charge in [0.1, 0.15) is 10.9 Å². The maximum Gasteiger partial charge on any atom is 0.323 e. The second-order valence-electron chi connectivity index (χ2n) is 11.3. The minimum absolute atomic E-state index is 0.282. The molecular formula is C37H30N2O3S2. The summed E-state index contributed by atoms with van der Waals surface area (Å²) in [6, 6.07) is 36.7. The van der Waals surface area contributed by atoms with Gasteiger partial charge in [0.2, 0.25) is 0 Å². The number of rotatable bonds is 7. The van der Waals surface area contributed by atoms with E-state index in [-0.39, 0.29) is 10.2 Å². The Hall–Kier alpha value is -4.46. The van der Waals surface area contributed by atoms with Gasteiger partial charge >= 0.3 is 5.97 Å². The minimum atomic E-state index is -1.08. The number of carboxylic acid groups (broad SMARTS) is 1. The molecule has 0 radical (unpaired) electrons. The van der Waals surface area contributed by atoms with E-state index in [1.807, 2.05) is 24.3 Å². The molecular weight excluding hydrogens is 585 g/mol. The molecule has 44 heavy (non-hydrogen) atoms. The monoisotopic (exact) mass is 614 g/mol. The van der Waals surface area contributed by atoms with Crippen molar-refractivity contribution in [3.05, 3.63) is 136 Å². The SMILES string of the molecule is O=C(O)CN1C(=O)/C(=C/c2ccc3c(c2)C2CCCC2N3c2ccc(C=C(c3ccccc3)c3ccccc3)cc2)SC1=S. The quantitative estimate of drug-likeness (QED) is 0.128. The molecule has 2 atom stereocenters. The molecule has 218 valence electrons. The highest BCUT2D eigenvalue weighted by atomic mass is 32.2. The Kier molecular flexibility index (Phi) is 7.66. The van der Waals surface area contributed by atoms with Crippen LogP contribution in [0, 0.1) is 0 Å². The Morgan fingerprint density at radius 2 is 1.55 bits per heavy atom. The van der Waals surface area contributed by atoms with Crippen LogP contribution in [0.4, 0.5) is 11.4 Å². The van der Waals surface area contributed by atoms with Crippen molar-refractivity contribution in [2.24, 2.45) is 0 Å². The molecule has 1 saturated carbocycles. The second kappa shape index (κ2) is 11.9. The Morgan fingerprint density at radius 3 is 2.20 bits per heavy atom. The Balaban J connectivity index is 1.19. The highest BCUT2D eigenvalue weighted by molar-refractivity contribution is 8.26. The molecule has 3 aliphatic rings. The number of carbonyl (C=O) groups excluding carboxylic acids is 1. The van der Waals surface area contributed by atoms with Crippen LogP contribution in [0.2, 0.25) is 0 Å². The van der Waals surface area contributed by atoms with Crippen LogP contribution in [0.15, 0.2) is 108 Å². The summed E-state index contributed by atoms with van der Waals surface area (Å²) in [7, 11) is 0. The third kappa shape index (κ3) is 5.38. The van der Waals surface area contributed by atoms with E-state index >= 15 is 0 Å². The third-order valence-corrected chi connectivity index (χ3v) is 10.0. The predicted molar refractivity (Wildman–Crippen MR) is 183 cm³/mol. The van der Waals surface area contributed by atoms with Crippen LogP contribution in [0.25, 0.3) is 17.7 Å². The molecule has 7 rings (SSSR count). The fourth-order valence-electron chi connectivity index (χ4n) is 6.69. The van der Waals surface area contributed by atoms with Gasteiger partial charge in [0.05, 0.1) is 4.91 Å². The average Bonchev–Trinajstić information content (AvgIpc) is 3.71. The number of amides is 1. The summed E-state index contributed by atoms with van der Waals surface area (Å²) in [4.78, 5) is 28.1. The first-order chi connectivity index (χ1) is 21.5. The van der Waals surface area contributed by atoms with Gasteiger partial charge < -0.3 is 10.0 Å². The molecule has 7 heteroatoms. The van der Waals surface area contributed by atoms with Gasteiger partial charge in [-0.2, -0.15) is 0 Å². The van der Waals surface area contributed by atoms with Crippen molar-refractivity contribution in [2.75, 3.05) is 11.4 Å². The topological polar surface area (TPSA) is 60.9 Å². The number of thioether (sulfide) groups is 1. The van der Waals surface area contributed by atoms with E-state index in [0.29, 0.717) is 16.9 Å². The van der Waals surface area contributed by atoms with Gasteiger partial charge in [0.15, 0.2) is 0 Å². The van der Waals surface area contributed by atoms with Crippen molar-refractivity contribution in [3.63, 3.8) is 0 Å². The number of hydrogen-bond acceptors (Lipinski definition) is 5. The molecule has 1 N–H and O–H groups in total. The minimum Gasteiger partial charge on any atom is -0.480 e. The standard InChI is InChI=1S/C37H30N2O3S2/c40-35(41)23-38-36(42)34(44-37(38)43)22-25-16-19-33-31(21-25)29-12-7-13-32(29)39(33)28-17-14-24(15-18-28)20-30(26-8-3-1-4-9-26)27-10-5-2-6-11-27/h1-6,8-11,14-22,29,32H,7,12-13,23H2,(H,40,41)/b34-22-. The van der Waals surface area contributed by atoms with E-state index < -0.39 is 12.5 Å². The number of hydrogen-bond donors (Lipinski definition) is 1. The van der Waals surface area contributed by atoms with Crippen molar-refractivity contribution in [3.8, 4) is 0 Å². The van der Waals surface area contributed by atoms with E-state index in [0.717, 1.165) is 40.6 Å². The highest BCUT2D eigenvalue weighted by Gasteiger charge is 2.42. The first-order valence-electron chi connectivity index (χ1n) is 14.8. The number of anilines is 2. The molecule has 5 nitrogen and oxygen atoms in total. The van der Waals surface area contributed by atoms with Crippen LogP contribution < -0.4 is 4.90 Å². The molecule has 0 bridgehead atoms. The number of carboxylic acids is 1. The van der Waals surface area contributed by atoms with Crippen molar-refractivity contribution in [2.45, 2.75) is 31.2 Å². The summed E-state index contributed by atoms with van der Waals surface area (Å²) in [5, 5.41) is 9.16. The Bertz CT molecular complexity index is 1780. The van der Waals surface area contributed by atoms with Crippen LogP contribution >= 0.6 is 24.0 Å². The lowest BCUT2D eigenvalue weighted by Gasteiger charge is -2.27. The normalized spacial score (nSPS) is 19.8. The fourth-order valence-corrected chi connectivity index (χ4v) is 7.95. The second-order valence-corrected chi connectivity index (χ2v) is 13.0. The van der Waals surface area contributed by atoms with Gasteiger partial charge in [-0.05, 0) is 82.6 Å². The van der Waals surface area contributed by atoms with Crippen molar-refractivity contribution in [1.82, 2.24) is 4.90 Å². The lowest BCUT2D eigenvalue weighted by Crippen LogP contribution is -2.33. The molecule has 1 amide bonds. The van der Waals surface area contributed by atoms with Crippen LogP contribution in [0.5, 0.6) is 0 Å². The lowest BCUT2D eigenvalue weighted by atomic mass is 9.95. The largest absolute Gasteiger partial charge is 0.480 e. The Labute approximate surface area is 266 Å². The number of thiocarbonyl (C=S) groups is 1. The van der Waals surface area contributed by atoms with Crippen molar-refractivity contribution < 1.29 is 14.7 Å². The number of aliphatic carboxylic acids is 1. The zero-order chi connectivity index (χ0) is 30.2.